The van der Waals surface area contributed by atoms with Gasteiger partial charge >= 0.3 is 12.3 Å². The molecule has 0 radical (unpaired) electrons. The number of carbonyl (C=O) groups excluding carboxylic acids is 2. The first kappa shape index (κ1) is 29.4. The summed E-state index contributed by atoms with van der Waals surface area (Å²) in [4.78, 5) is 29.1. The molecule has 11 heteroatoms. The van der Waals surface area contributed by atoms with Gasteiger partial charge in [0.2, 0.25) is 5.91 Å². The summed E-state index contributed by atoms with van der Waals surface area (Å²) < 4.78 is 51.8. The fourth-order valence-electron chi connectivity index (χ4n) is 4.46. The Morgan fingerprint density at radius 3 is 2.51 bits per heavy atom. The van der Waals surface area contributed by atoms with Crippen LogP contribution in [0.1, 0.15) is 55.1 Å². The lowest BCUT2D eigenvalue weighted by molar-refractivity contribution is -0.137. The number of amides is 2. The van der Waals surface area contributed by atoms with Gasteiger partial charge in [0, 0.05) is 30.4 Å². The number of alkyl halides is 3. The topological polar surface area (TPSA) is 113 Å². The number of nitrogens with zero attached hydrogens (tertiary/aromatic N) is 2. The van der Waals surface area contributed by atoms with Gasteiger partial charge in [-0.3, -0.25) is 4.79 Å². The molecule has 41 heavy (non-hydrogen) atoms. The summed E-state index contributed by atoms with van der Waals surface area (Å²) in [6.45, 7) is 4.81. The number of alkyl carbamates (subject to hydrolysis) is 1. The molecular formula is C30H29F3N4O4. The van der Waals surface area contributed by atoms with Crippen molar-refractivity contribution in [1.29, 1.82) is 5.26 Å². The fraction of sp³-hybridized carbons (Fsp3) is 0.333. The van der Waals surface area contributed by atoms with Crippen molar-refractivity contribution in [1.82, 2.24) is 10.3 Å². The van der Waals surface area contributed by atoms with Crippen molar-refractivity contribution in [2.75, 3.05) is 5.32 Å². The first-order valence-electron chi connectivity index (χ1n) is 12.9. The lowest BCUT2D eigenvalue weighted by Crippen LogP contribution is -2.32. The number of aryl methyl sites for hydroxylation is 1. The van der Waals surface area contributed by atoms with Gasteiger partial charge in [-0.1, -0.05) is 6.07 Å². The number of aromatic nitrogens is 1. The summed E-state index contributed by atoms with van der Waals surface area (Å²) in [5.74, 6) is 0.102. The van der Waals surface area contributed by atoms with Gasteiger partial charge in [-0.2, -0.15) is 18.4 Å². The molecule has 1 atom stereocenters. The third-order valence-corrected chi connectivity index (χ3v) is 6.28. The number of nitrogens with one attached hydrogen (secondary N) is 2. The Kier molecular flexibility index (Phi) is 8.52. The second-order valence-electron chi connectivity index (χ2n) is 10.7. The van der Waals surface area contributed by atoms with Crippen molar-refractivity contribution in [3.63, 3.8) is 0 Å². The minimum Gasteiger partial charge on any atom is -0.457 e. The average Bonchev–Trinajstić information content (AvgIpc) is 2.90. The fourth-order valence-corrected chi connectivity index (χ4v) is 4.46. The van der Waals surface area contributed by atoms with E-state index in [0.29, 0.717) is 30.8 Å². The average molecular weight is 567 g/mol. The first-order valence-corrected chi connectivity index (χ1v) is 12.9. The Hall–Kier alpha value is -4.59. The third-order valence-electron chi connectivity index (χ3n) is 6.28. The number of nitriles is 1. The van der Waals surface area contributed by atoms with Crippen molar-refractivity contribution < 1.29 is 32.2 Å². The molecule has 1 aliphatic rings. The Labute approximate surface area is 235 Å². The Bertz CT molecular complexity index is 1490. The summed E-state index contributed by atoms with van der Waals surface area (Å²) >= 11 is 0. The van der Waals surface area contributed by atoms with E-state index < -0.39 is 35.3 Å². The number of halogens is 3. The number of rotatable bonds is 6. The van der Waals surface area contributed by atoms with Crippen LogP contribution in [0.25, 0.3) is 0 Å². The maximum atomic E-state index is 13.6. The van der Waals surface area contributed by atoms with Crippen molar-refractivity contribution in [3.8, 4) is 17.6 Å². The van der Waals surface area contributed by atoms with Crippen LogP contribution in [0.5, 0.6) is 11.5 Å². The van der Waals surface area contributed by atoms with E-state index in [4.69, 9.17) is 14.7 Å². The minimum absolute atomic E-state index is 0.0142. The molecule has 0 saturated carbocycles. The number of hydrogen-bond donors (Lipinski definition) is 2. The zero-order chi connectivity index (χ0) is 29.8. The van der Waals surface area contributed by atoms with Crippen LogP contribution in [0.15, 0.2) is 54.7 Å². The molecule has 3 aromatic rings. The largest absolute Gasteiger partial charge is 0.457 e. The maximum Gasteiger partial charge on any atom is 0.416 e. The lowest BCUT2D eigenvalue weighted by atomic mass is 9.83. The van der Waals surface area contributed by atoms with E-state index in [1.807, 2.05) is 18.2 Å². The van der Waals surface area contributed by atoms with Gasteiger partial charge in [0.05, 0.1) is 5.56 Å². The summed E-state index contributed by atoms with van der Waals surface area (Å²) in [6.07, 6.45) is -2.41. The second-order valence-corrected chi connectivity index (χ2v) is 10.7. The van der Waals surface area contributed by atoms with E-state index in [2.05, 4.69) is 15.6 Å². The van der Waals surface area contributed by atoms with Crippen molar-refractivity contribution in [2.45, 2.75) is 58.4 Å². The third kappa shape index (κ3) is 8.20. The zero-order valence-corrected chi connectivity index (χ0v) is 22.8. The van der Waals surface area contributed by atoms with E-state index in [1.54, 1.807) is 32.9 Å². The predicted octanol–water partition coefficient (Wildman–Crippen LogP) is 6.53. The molecule has 2 N–H and O–H groups in total. The number of pyridine rings is 1. The molecule has 214 valence electrons. The van der Waals surface area contributed by atoms with Gasteiger partial charge in [0.1, 0.15) is 28.9 Å². The number of carbonyl (C=O) groups is 2. The summed E-state index contributed by atoms with van der Waals surface area (Å²) in [7, 11) is 0. The zero-order valence-electron chi connectivity index (χ0n) is 22.8. The Morgan fingerprint density at radius 2 is 1.80 bits per heavy atom. The second kappa shape index (κ2) is 11.9. The number of anilines is 1. The summed E-state index contributed by atoms with van der Waals surface area (Å²) in [6, 6.07) is 13.9. The van der Waals surface area contributed by atoms with Gasteiger partial charge in [-0.05, 0) is 93.1 Å². The van der Waals surface area contributed by atoms with Gasteiger partial charge in [0.25, 0.3) is 0 Å². The van der Waals surface area contributed by atoms with E-state index in [1.165, 1.54) is 18.3 Å². The van der Waals surface area contributed by atoms with Crippen LogP contribution in [0, 0.1) is 17.2 Å². The highest BCUT2D eigenvalue weighted by Gasteiger charge is 2.32. The Balaban J connectivity index is 1.46. The van der Waals surface area contributed by atoms with Crippen LogP contribution in [0.4, 0.5) is 23.7 Å². The summed E-state index contributed by atoms with van der Waals surface area (Å²) in [5.41, 5.74) is 0.617. The minimum atomic E-state index is -4.65. The maximum absolute atomic E-state index is 13.6. The van der Waals surface area contributed by atoms with Crippen molar-refractivity contribution >= 4 is 17.7 Å². The summed E-state index contributed by atoms with van der Waals surface area (Å²) in [5, 5.41) is 14.1. The SMILES string of the molecule is CC(C)(C)OC(=O)NCc1cc(NC(=O)C2CCc3ccc(Oc4ccnc(C#N)c4)cc3C2)cc(C(F)(F)F)c1. The lowest BCUT2D eigenvalue weighted by Gasteiger charge is -2.25. The molecule has 0 bridgehead atoms. The molecule has 2 amide bonds. The molecule has 0 fully saturated rings. The van der Waals surface area contributed by atoms with E-state index in [0.717, 1.165) is 23.3 Å². The Morgan fingerprint density at radius 1 is 1.05 bits per heavy atom. The number of benzene rings is 2. The van der Waals surface area contributed by atoms with Crippen LogP contribution < -0.4 is 15.4 Å². The molecule has 1 aliphatic carbocycles. The van der Waals surface area contributed by atoms with Crippen LogP contribution in [0.3, 0.4) is 0 Å². The van der Waals surface area contributed by atoms with E-state index >= 15 is 0 Å². The van der Waals surface area contributed by atoms with Crippen LogP contribution in [-0.2, 0) is 35.1 Å². The quantitative estimate of drug-likeness (QED) is 0.351. The van der Waals surface area contributed by atoms with E-state index in [-0.39, 0.29) is 23.5 Å². The standard InChI is InChI=1S/C30H29F3N4O4/c1-29(2,3)41-28(39)36-17-18-10-22(30(31,32)33)14-23(11-18)37-27(38)20-5-4-19-6-7-25(13-21(19)12-20)40-26-8-9-35-24(15-26)16-34/h6-11,13-15,20H,4-5,12,17H2,1-3H3,(H,36,39)(H,37,38). The number of fused-ring (bicyclic) bond motifs is 1. The highest BCUT2D eigenvalue weighted by atomic mass is 19.4. The van der Waals surface area contributed by atoms with E-state index in [9.17, 15) is 22.8 Å². The molecule has 4 rings (SSSR count). The molecule has 2 aromatic carbocycles. The number of ether oxygens (including phenoxy) is 2. The monoisotopic (exact) mass is 566 g/mol. The van der Waals surface area contributed by atoms with Gasteiger partial charge in [0.15, 0.2) is 0 Å². The molecule has 0 saturated heterocycles. The first-order chi connectivity index (χ1) is 19.3. The number of hydrogen-bond acceptors (Lipinski definition) is 6. The van der Waals surface area contributed by atoms with Crippen LogP contribution in [0.2, 0.25) is 0 Å². The normalized spacial score (nSPS) is 14.8. The molecule has 0 spiro atoms. The smallest absolute Gasteiger partial charge is 0.416 e. The molecule has 1 unspecified atom stereocenters. The molecular weight excluding hydrogens is 537 g/mol. The van der Waals surface area contributed by atoms with Gasteiger partial charge in [-0.15, -0.1) is 0 Å². The van der Waals surface area contributed by atoms with Crippen molar-refractivity contribution in [3.05, 3.63) is 82.7 Å². The molecule has 1 aromatic heterocycles. The van der Waals surface area contributed by atoms with Crippen LogP contribution >= 0.6 is 0 Å². The molecule has 0 aliphatic heterocycles. The molecule has 8 nitrogen and oxygen atoms in total. The predicted molar refractivity (Wildman–Crippen MR) is 144 cm³/mol. The highest BCUT2D eigenvalue weighted by Crippen LogP contribution is 2.34. The van der Waals surface area contributed by atoms with Gasteiger partial charge < -0.3 is 20.1 Å². The van der Waals surface area contributed by atoms with Crippen LogP contribution in [-0.4, -0.2) is 22.6 Å². The van der Waals surface area contributed by atoms with Crippen molar-refractivity contribution in [2.24, 2.45) is 5.92 Å². The molecule has 1 heterocycles. The highest BCUT2D eigenvalue weighted by molar-refractivity contribution is 5.93. The van der Waals surface area contributed by atoms with Gasteiger partial charge in [-0.25, -0.2) is 9.78 Å².